The number of hydrogen-bond acceptors (Lipinski definition) is 6. The molecule has 0 heterocycles. The summed E-state index contributed by atoms with van der Waals surface area (Å²) in [6.45, 7) is 0. The topological polar surface area (TPSA) is 86.7 Å². The molecule has 0 saturated carbocycles. The van der Waals surface area contributed by atoms with Crippen LogP contribution in [0.1, 0.15) is 12.0 Å². The highest BCUT2D eigenvalue weighted by Crippen LogP contribution is 2.38. The first kappa shape index (κ1) is 16.9. The van der Waals surface area contributed by atoms with E-state index in [2.05, 4.69) is 8.37 Å². The molecule has 0 N–H and O–H groups in total. The van der Waals surface area contributed by atoms with Gasteiger partial charge in [0.15, 0.2) is 0 Å². The molecule has 22 heavy (non-hydrogen) atoms. The Bertz CT molecular complexity index is 770. The molecule has 0 amide bonds. The van der Waals surface area contributed by atoms with E-state index in [4.69, 9.17) is 0 Å². The van der Waals surface area contributed by atoms with Crippen molar-refractivity contribution in [2.45, 2.75) is 10.5 Å². The van der Waals surface area contributed by atoms with Gasteiger partial charge >= 0.3 is 0 Å². The third-order valence-corrected chi connectivity index (χ3v) is 7.92. The van der Waals surface area contributed by atoms with Crippen LogP contribution in [0.5, 0.6) is 0 Å². The Morgan fingerprint density at radius 1 is 0.955 bits per heavy atom. The Morgan fingerprint density at radius 2 is 1.50 bits per heavy atom. The lowest BCUT2D eigenvalue weighted by atomic mass is 9.99. The van der Waals surface area contributed by atoms with Crippen molar-refractivity contribution < 1.29 is 25.2 Å². The van der Waals surface area contributed by atoms with Crippen LogP contribution < -0.4 is 0 Å². The summed E-state index contributed by atoms with van der Waals surface area (Å²) in [5.41, 5.74) is 1.59. The predicted octanol–water partition coefficient (Wildman–Crippen LogP) is 1.68. The van der Waals surface area contributed by atoms with Crippen molar-refractivity contribution in [2.24, 2.45) is 0 Å². The number of benzene rings is 1. The average Bonchev–Trinajstić information content (AvgIpc) is 2.55. The van der Waals surface area contributed by atoms with Crippen LogP contribution in [0.15, 0.2) is 48.6 Å². The van der Waals surface area contributed by atoms with Crippen LogP contribution in [-0.2, 0) is 28.6 Å². The zero-order valence-electron chi connectivity index (χ0n) is 12.1. The fourth-order valence-corrected chi connectivity index (χ4v) is 5.24. The predicted molar refractivity (Wildman–Crippen MR) is 82.8 cm³/mol. The molecule has 0 aliphatic heterocycles. The Kier molecular flexibility index (Phi) is 4.57. The van der Waals surface area contributed by atoms with Crippen LogP contribution >= 0.6 is 0 Å². The molecule has 0 aromatic heterocycles. The second-order valence-electron chi connectivity index (χ2n) is 4.62. The fourth-order valence-electron chi connectivity index (χ4n) is 2.23. The summed E-state index contributed by atoms with van der Waals surface area (Å²) < 4.78 is 55.3. The van der Waals surface area contributed by atoms with Gasteiger partial charge in [-0.15, -0.1) is 0 Å². The van der Waals surface area contributed by atoms with Gasteiger partial charge in [0.25, 0.3) is 20.2 Å². The molecule has 1 aromatic rings. The first-order chi connectivity index (χ1) is 10.3. The molecule has 0 unspecified atom stereocenters. The van der Waals surface area contributed by atoms with Crippen LogP contribution in [0.4, 0.5) is 0 Å². The van der Waals surface area contributed by atoms with Gasteiger partial charge < -0.3 is 0 Å². The quantitative estimate of drug-likeness (QED) is 0.755. The van der Waals surface area contributed by atoms with Crippen molar-refractivity contribution in [1.29, 1.82) is 0 Å². The summed E-state index contributed by atoms with van der Waals surface area (Å²) >= 11 is 0. The highest BCUT2D eigenvalue weighted by molar-refractivity contribution is 8.06. The van der Waals surface area contributed by atoms with Crippen molar-refractivity contribution in [3.63, 3.8) is 0 Å². The Balaban J connectivity index is 2.52. The molecule has 2 rings (SSSR count). The summed E-state index contributed by atoms with van der Waals surface area (Å²) in [7, 11) is -6.96. The van der Waals surface area contributed by atoms with Crippen molar-refractivity contribution >= 4 is 25.8 Å². The van der Waals surface area contributed by atoms with Gasteiger partial charge in [0.05, 0.1) is 14.2 Å². The number of rotatable bonds is 5. The van der Waals surface area contributed by atoms with Crippen LogP contribution in [0.25, 0.3) is 5.57 Å². The monoisotopic (exact) mass is 344 g/mol. The second kappa shape index (κ2) is 5.96. The molecule has 0 radical (unpaired) electrons. The number of allylic oxidation sites excluding steroid dienone is 3. The number of hydrogen-bond donors (Lipinski definition) is 0. The SMILES string of the molecule is COS(=O)(=O)C1(S(=O)(=O)OC)C=CC(c2ccccc2)=CC1. The molecular formula is C14H16O6S2. The van der Waals surface area contributed by atoms with Crippen molar-refractivity contribution in [3.05, 3.63) is 54.1 Å². The highest BCUT2D eigenvalue weighted by Gasteiger charge is 2.55. The first-order valence-corrected chi connectivity index (χ1v) is 9.16. The minimum absolute atomic E-state index is 0.292. The molecule has 8 heteroatoms. The summed E-state index contributed by atoms with van der Waals surface area (Å²) in [5.74, 6) is 0. The summed E-state index contributed by atoms with van der Waals surface area (Å²) in [6, 6.07) is 9.22. The maximum Gasteiger partial charge on any atom is 0.294 e. The Morgan fingerprint density at radius 3 is 1.91 bits per heavy atom. The van der Waals surface area contributed by atoms with Gasteiger partial charge in [-0.3, -0.25) is 8.37 Å². The third kappa shape index (κ3) is 2.63. The lowest BCUT2D eigenvalue weighted by Crippen LogP contribution is -2.46. The van der Waals surface area contributed by atoms with Crippen LogP contribution in [0.3, 0.4) is 0 Å². The van der Waals surface area contributed by atoms with E-state index < -0.39 is 24.3 Å². The lowest BCUT2D eigenvalue weighted by Gasteiger charge is -2.28. The highest BCUT2D eigenvalue weighted by atomic mass is 32.3. The van der Waals surface area contributed by atoms with Crippen LogP contribution in [-0.4, -0.2) is 35.1 Å². The lowest BCUT2D eigenvalue weighted by molar-refractivity contribution is 0.362. The second-order valence-corrected chi connectivity index (χ2v) is 8.81. The molecule has 6 nitrogen and oxygen atoms in total. The van der Waals surface area contributed by atoms with Gasteiger partial charge in [-0.05, 0) is 17.2 Å². The van der Waals surface area contributed by atoms with Crippen molar-refractivity contribution in [2.75, 3.05) is 14.2 Å². The van der Waals surface area contributed by atoms with E-state index in [-0.39, 0.29) is 6.42 Å². The largest absolute Gasteiger partial charge is 0.294 e. The van der Waals surface area contributed by atoms with Gasteiger partial charge in [0, 0.05) is 6.42 Å². The molecule has 1 aromatic carbocycles. The van der Waals surface area contributed by atoms with E-state index in [1.165, 1.54) is 6.08 Å². The van der Waals surface area contributed by atoms with Crippen molar-refractivity contribution in [3.8, 4) is 0 Å². The molecule has 0 fully saturated rings. The van der Waals surface area contributed by atoms with Crippen LogP contribution in [0.2, 0.25) is 0 Å². The Hall–Kier alpha value is -1.48. The maximum absolute atomic E-state index is 12.2. The fraction of sp³-hybridized carbons (Fsp3) is 0.286. The Labute approximate surface area is 130 Å². The average molecular weight is 344 g/mol. The zero-order valence-corrected chi connectivity index (χ0v) is 13.7. The summed E-state index contributed by atoms with van der Waals surface area (Å²) in [5, 5.41) is 0. The molecule has 1 aliphatic rings. The van der Waals surface area contributed by atoms with Gasteiger partial charge in [0.2, 0.25) is 4.08 Å². The minimum atomic E-state index is -4.40. The van der Waals surface area contributed by atoms with Gasteiger partial charge in [0.1, 0.15) is 0 Å². The van der Waals surface area contributed by atoms with Gasteiger partial charge in [-0.2, -0.15) is 16.8 Å². The van der Waals surface area contributed by atoms with Crippen LogP contribution in [0, 0.1) is 0 Å². The van der Waals surface area contributed by atoms with E-state index in [1.54, 1.807) is 6.08 Å². The minimum Gasteiger partial charge on any atom is -0.272 e. The molecule has 0 bridgehead atoms. The molecule has 0 atom stereocenters. The summed E-state index contributed by atoms with van der Waals surface area (Å²) in [4.78, 5) is 0. The first-order valence-electron chi connectivity index (χ1n) is 6.35. The molecular weight excluding hydrogens is 328 g/mol. The van der Waals surface area contributed by atoms with Gasteiger partial charge in [-0.25, -0.2) is 0 Å². The smallest absolute Gasteiger partial charge is 0.272 e. The van der Waals surface area contributed by atoms with Gasteiger partial charge in [-0.1, -0.05) is 42.5 Å². The standard InChI is InChI=1S/C14H16O6S2/c1-19-21(15,16)14(22(17,18)20-2)10-8-13(9-11-14)12-6-4-3-5-7-12/h3-10H,11H2,1-2H3. The zero-order chi connectivity index (χ0) is 16.4. The van der Waals surface area contributed by atoms with E-state index in [0.717, 1.165) is 31.4 Å². The van der Waals surface area contributed by atoms with E-state index in [9.17, 15) is 16.8 Å². The molecule has 0 saturated heterocycles. The molecule has 0 spiro atoms. The summed E-state index contributed by atoms with van der Waals surface area (Å²) in [6.07, 6.45) is 3.81. The maximum atomic E-state index is 12.2. The normalized spacial score (nSPS) is 18.0. The van der Waals surface area contributed by atoms with E-state index in [0.29, 0.717) is 0 Å². The van der Waals surface area contributed by atoms with Crippen molar-refractivity contribution in [1.82, 2.24) is 0 Å². The molecule has 120 valence electrons. The van der Waals surface area contributed by atoms with E-state index >= 15 is 0 Å². The molecule has 1 aliphatic carbocycles. The third-order valence-electron chi connectivity index (χ3n) is 3.52. The van der Waals surface area contributed by atoms with E-state index in [1.807, 2.05) is 30.3 Å².